The maximum atomic E-state index is 13.6. The smallest absolute Gasteiger partial charge is 0.320 e. The molecule has 0 unspecified atom stereocenters. The van der Waals surface area contributed by atoms with Gasteiger partial charge in [0.25, 0.3) is 0 Å². The highest BCUT2D eigenvalue weighted by molar-refractivity contribution is 6.31. The molecule has 9 rings (SSSR count). The molecule has 3 aliphatic rings. The van der Waals surface area contributed by atoms with Crippen molar-refractivity contribution in [3.05, 3.63) is 107 Å². The van der Waals surface area contributed by atoms with Gasteiger partial charge >= 0.3 is 11.9 Å². The van der Waals surface area contributed by atoms with Crippen molar-refractivity contribution in [3.63, 3.8) is 0 Å². The number of rotatable bonds is 18. The van der Waals surface area contributed by atoms with Crippen molar-refractivity contribution in [1.82, 2.24) is 29.7 Å². The normalized spacial score (nSPS) is 17.2. The molecule has 0 bridgehead atoms. The molecule has 3 fully saturated rings. The van der Waals surface area contributed by atoms with Gasteiger partial charge in [0, 0.05) is 73.6 Å². The first-order chi connectivity index (χ1) is 34.8. The van der Waals surface area contributed by atoms with Crippen molar-refractivity contribution in [3.8, 4) is 17.2 Å². The Morgan fingerprint density at radius 1 is 0.764 bits per heavy atom. The summed E-state index contributed by atoms with van der Waals surface area (Å²) in [5.74, 6) is 1.07. The second-order valence-corrected chi connectivity index (χ2v) is 17.9. The number of cyclic esters (lactones) is 2. The molecular formula is C50H51Cl2F2N9O9. The number of carbonyl (C=O) groups excluding carboxylic acids is 3. The molecule has 0 radical (unpaired) electrons. The number of ether oxygens (including phenoxy) is 6. The van der Waals surface area contributed by atoms with Gasteiger partial charge in [-0.25, -0.2) is 28.7 Å². The number of fused-ring (bicyclic) bond motifs is 2. The Morgan fingerprint density at radius 3 is 2.00 bits per heavy atom. The first-order valence-corrected chi connectivity index (χ1v) is 23.7. The Morgan fingerprint density at radius 2 is 1.39 bits per heavy atom. The van der Waals surface area contributed by atoms with E-state index in [9.17, 15) is 23.2 Å². The minimum atomic E-state index is -0.523. The fourth-order valence-electron chi connectivity index (χ4n) is 7.81. The van der Waals surface area contributed by atoms with E-state index < -0.39 is 11.6 Å². The highest BCUT2D eigenvalue weighted by Gasteiger charge is 2.27. The van der Waals surface area contributed by atoms with Gasteiger partial charge in [0.05, 0.1) is 60.2 Å². The standard InChI is InChI=1S/C28H29ClFN5O5.C22H22ClFN4O4/c1-38-15-19-12-35(13-27(37)40-19)8-2-3-26(36)34-24-10-20-23(11-25(24)39-14-17-4-5-17)31-16-32-28(20)33-18-6-7-22(30)21(29)9-18;1-13-10-28(11-21(29)32-13)5-6-31-20-8-15-18(9-19(20)30-2)25-12-26-22(15)27-14-3-4-17(24)16(23)7-14/h2-3,6-7,9-11,16-17,19H,4-5,8,12-15H2,1H3,(H,34,36)(H,31,32,33);3-4,7-9,12-13H,5-6,10-11H2,1-2H3,(H,25,26,27)/b3-2+;/t19-;13-/m10/s1. The third kappa shape index (κ3) is 13.9. The summed E-state index contributed by atoms with van der Waals surface area (Å²) < 4.78 is 60.1. The number of amides is 1. The van der Waals surface area contributed by atoms with E-state index in [-0.39, 0.29) is 53.2 Å². The van der Waals surface area contributed by atoms with Gasteiger partial charge in [-0.05, 0) is 74.2 Å². The van der Waals surface area contributed by atoms with Crippen LogP contribution in [0.4, 0.5) is 37.5 Å². The zero-order chi connectivity index (χ0) is 50.7. The molecule has 1 aliphatic carbocycles. The van der Waals surface area contributed by atoms with Crippen LogP contribution in [0.2, 0.25) is 10.0 Å². The topological polar surface area (TPSA) is 201 Å². The van der Waals surface area contributed by atoms with Gasteiger partial charge in [0.2, 0.25) is 5.91 Å². The van der Waals surface area contributed by atoms with Crippen LogP contribution in [0.3, 0.4) is 0 Å². The van der Waals surface area contributed by atoms with E-state index in [1.165, 1.54) is 43.0 Å². The number of aromatic nitrogens is 4. The number of esters is 2. The molecule has 2 saturated heterocycles. The van der Waals surface area contributed by atoms with E-state index in [2.05, 4.69) is 35.9 Å². The molecule has 22 heteroatoms. The summed E-state index contributed by atoms with van der Waals surface area (Å²) in [7, 11) is 3.10. The predicted molar refractivity (Wildman–Crippen MR) is 267 cm³/mol. The maximum absolute atomic E-state index is 13.6. The summed E-state index contributed by atoms with van der Waals surface area (Å²) >= 11 is 11.8. The minimum absolute atomic E-state index is 0.00923. The van der Waals surface area contributed by atoms with Crippen molar-refractivity contribution in [2.24, 2.45) is 5.92 Å². The first kappa shape index (κ1) is 51.4. The Bertz CT molecular complexity index is 2970. The summed E-state index contributed by atoms with van der Waals surface area (Å²) in [6, 6.07) is 15.7. The monoisotopic (exact) mass is 1030 g/mol. The molecule has 72 heavy (non-hydrogen) atoms. The van der Waals surface area contributed by atoms with Crippen LogP contribution in [0, 0.1) is 17.6 Å². The number of nitrogens with one attached hydrogen (secondary N) is 3. The Balaban J connectivity index is 0.000000197. The minimum Gasteiger partial charge on any atom is -0.493 e. The van der Waals surface area contributed by atoms with Gasteiger partial charge in [0.15, 0.2) is 11.5 Å². The quantitative estimate of drug-likeness (QED) is 0.0550. The van der Waals surface area contributed by atoms with Gasteiger partial charge < -0.3 is 44.4 Å². The summed E-state index contributed by atoms with van der Waals surface area (Å²) in [5, 5.41) is 10.5. The molecule has 2 aliphatic heterocycles. The van der Waals surface area contributed by atoms with Crippen molar-refractivity contribution < 1.29 is 51.6 Å². The van der Waals surface area contributed by atoms with Crippen LogP contribution in [0.1, 0.15) is 19.8 Å². The molecule has 2 atom stereocenters. The molecular weight excluding hydrogens is 980 g/mol. The Hall–Kier alpha value is -6.97. The summed E-state index contributed by atoms with van der Waals surface area (Å²) in [5.41, 5.74) is 2.84. The number of halogens is 4. The Labute approximate surface area is 422 Å². The fourth-order valence-corrected chi connectivity index (χ4v) is 8.17. The molecule has 1 amide bonds. The molecule has 4 aromatic carbocycles. The zero-order valence-corrected chi connectivity index (χ0v) is 41.0. The highest BCUT2D eigenvalue weighted by Crippen LogP contribution is 2.37. The second-order valence-electron chi connectivity index (χ2n) is 17.1. The van der Waals surface area contributed by atoms with Crippen LogP contribution in [0.25, 0.3) is 21.8 Å². The van der Waals surface area contributed by atoms with Crippen molar-refractivity contribution in [1.29, 1.82) is 0 Å². The molecule has 6 aromatic rings. The molecule has 378 valence electrons. The lowest BCUT2D eigenvalue weighted by Crippen LogP contribution is -2.47. The van der Waals surface area contributed by atoms with Crippen LogP contribution in [0.15, 0.2) is 85.5 Å². The van der Waals surface area contributed by atoms with Crippen LogP contribution in [-0.2, 0) is 28.6 Å². The lowest BCUT2D eigenvalue weighted by atomic mass is 10.1. The SMILES string of the molecule is COC[C@H]1CN(C/C=C/C(=O)Nc2cc3c(Nc4ccc(F)c(Cl)c4)ncnc3cc2OCC2CC2)CC(=O)O1.COc1cc2ncnc(Nc3ccc(F)c(Cl)c3)c2cc1OCCN1CC(=O)O[C@@H](C)C1. The van der Waals surface area contributed by atoms with Crippen molar-refractivity contribution >= 4 is 91.6 Å². The van der Waals surface area contributed by atoms with Gasteiger partial charge in [-0.1, -0.05) is 29.3 Å². The third-order valence-corrected chi connectivity index (χ3v) is 12.0. The van der Waals surface area contributed by atoms with E-state index in [1.807, 2.05) is 16.7 Å². The maximum Gasteiger partial charge on any atom is 0.320 e. The second kappa shape index (κ2) is 24.0. The molecule has 18 nitrogen and oxygen atoms in total. The highest BCUT2D eigenvalue weighted by atomic mass is 35.5. The van der Waals surface area contributed by atoms with Gasteiger partial charge in [-0.2, -0.15) is 0 Å². The number of hydrogen-bond acceptors (Lipinski definition) is 17. The van der Waals surface area contributed by atoms with Crippen LogP contribution >= 0.6 is 23.2 Å². The number of methoxy groups -OCH3 is 2. The predicted octanol–water partition coefficient (Wildman–Crippen LogP) is 8.12. The number of benzene rings is 4. The molecule has 2 aromatic heterocycles. The average molecular weight is 1030 g/mol. The fraction of sp³-hybridized carbons (Fsp3) is 0.340. The number of carbonyl (C=O) groups is 3. The first-order valence-electron chi connectivity index (χ1n) is 22.9. The van der Waals surface area contributed by atoms with Crippen LogP contribution in [-0.4, -0.2) is 133 Å². The molecule has 1 saturated carbocycles. The largest absolute Gasteiger partial charge is 0.493 e. The van der Waals surface area contributed by atoms with Crippen LogP contribution < -0.4 is 30.2 Å². The van der Waals surface area contributed by atoms with E-state index >= 15 is 0 Å². The van der Waals surface area contributed by atoms with Gasteiger partial charge in [-0.15, -0.1) is 0 Å². The van der Waals surface area contributed by atoms with Gasteiger partial charge in [-0.3, -0.25) is 24.2 Å². The molecule has 0 spiro atoms. The van der Waals surface area contributed by atoms with E-state index in [4.69, 9.17) is 51.6 Å². The van der Waals surface area contributed by atoms with E-state index in [1.54, 1.807) is 56.7 Å². The summed E-state index contributed by atoms with van der Waals surface area (Å²) in [6.07, 6.45) is 7.69. The van der Waals surface area contributed by atoms with Crippen LogP contribution in [0.5, 0.6) is 17.2 Å². The number of anilines is 5. The summed E-state index contributed by atoms with van der Waals surface area (Å²) in [6.45, 7) is 5.59. The molecule has 4 heterocycles. The summed E-state index contributed by atoms with van der Waals surface area (Å²) in [4.78, 5) is 57.5. The molecule has 3 N–H and O–H groups in total. The number of nitrogens with zero attached hydrogens (tertiary/aromatic N) is 6. The zero-order valence-electron chi connectivity index (χ0n) is 39.5. The van der Waals surface area contributed by atoms with E-state index in [0.717, 1.165) is 12.8 Å². The lowest BCUT2D eigenvalue weighted by molar-refractivity contribution is -0.161. The number of hydrogen-bond donors (Lipinski definition) is 3. The van der Waals surface area contributed by atoms with Crippen molar-refractivity contribution in [2.45, 2.75) is 32.0 Å². The van der Waals surface area contributed by atoms with Gasteiger partial charge in [0.1, 0.15) is 60.5 Å². The van der Waals surface area contributed by atoms with E-state index in [0.29, 0.717) is 120 Å². The Kier molecular flexibility index (Phi) is 17.1. The number of morpholine rings is 2. The third-order valence-electron chi connectivity index (χ3n) is 11.4. The van der Waals surface area contributed by atoms with Crippen molar-refractivity contribution in [2.75, 3.05) is 89.3 Å². The lowest BCUT2D eigenvalue weighted by Gasteiger charge is -2.30. The average Bonchev–Trinajstić information content (AvgIpc) is 4.18.